The molecule has 0 radical (unpaired) electrons. The van der Waals surface area contributed by atoms with Crippen LogP contribution in [0.2, 0.25) is 0 Å². The lowest BCUT2D eigenvalue weighted by Gasteiger charge is -2.52. The van der Waals surface area contributed by atoms with Gasteiger partial charge in [-0.25, -0.2) is 4.79 Å². The number of nitrogens with zero attached hydrogens (tertiary/aromatic N) is 1. The van der Waals surface area contributed by atoms with Gasteiger partial charge < -0.3 is 55.4 Å². The number of unbranched alkanes of at least 4 members (excludes halogenated alkanes) is 1. The molecule has 6 aliphatic rings. The molecule has 2 fully saturated rings. The Labute approximate surface area is 383 Å². The van der Waals surface area contributed by atoms with Crippen LogP contribution in [0.15, 0.2) is 18.2 Å². The SMILES string of the molecule is C#Cc1c2c(c(C#Cc3cc(OCCCS(=O)(=O)O)ccc3OCCCS(=O)(=O)O)c3c1C1C(O)C(O)C3C(O)C1O)C1CN(CCCC[C@H](NC(=O)C(C)(C)C)C(=O)O)CC2C(O)C1O. The summed E-state index contributed by atoms with van der Waals surface area (Å²) >= 11 is 0. The van der Waals surface area contributed by atoms with Gasteiger partial charge in [0.2, 0.25) is 5.91 Å². The Bertz CT molecular complexity index is 2490. The molecule has 8 unspecified atom stereocenters. The molecule has 21 heteroatoms. The van der Waals surface area contributed by atoms with E-state index < -0.39 is 115 Å². The molecule has 19 nitrogen and oxygen atoms in total. The number of hydrogen-bond acceptors (Lipinski definition) is 15. The molecule has 1 amide bonds. The van der Waals surface area contributed by atoms with Gasteiger partial charge in [0.25, 0.3) is 20.2 Å². The zero-order valence-corrected chi connectivity index (χ0v) is 38.3. The van der Waals surface area contributed by atoms with E-state index in [1.807, 2.05) is 4.90 Å². The fraction of sp³-hybridized carbons (Fsp3) is 0.600. The van der Waals surface area contributed by atoms with Crippen LogP contribution in [0.5, 0.6) is 11.5 Å². The van der Waals surface area contributed by atoms with Gasteiger partial charge in [-0.2, -0.15) is 16.8 Å². The van der Waals surface area contributed by atoms with Gasteiger partial charge in [0.15, 0.2) is 0 Å². The number of rotatable bonds is 17. The summed E-state index contributed by atoms with van der Waals surface area (Å²) in [5.41, 5.74) is 1.08. The third kappa shape index (κ3) is 11.0. The second-order valence-corrected chi connectivity index (χ2v) is 21.7. The third-order valence-electron chi connectivity index (χ3n) is 12.9. The minimum atomic E-state index is -4.31. The minimum Gasteiger partial charge on any atom is -0.494 e. The molecule has 362 valence electrons. The number of ether oxygens (including phenoxy) is 2. The third-order valence-corrected chi connectivity index (χ3v) is 14.5. The highest BCUT2D eigenvalue weighted by Crippen LogP contribution is 2.57. The van der Waals surface area contributed by atoms with Gasteiger partial charge in [0.05, 0.1) is 66.9 Å². The number of carboxylic acids is 1. The number of aliphatic hydroxyl groups is 6. The highest BCUT2D eigenvalue weighted by atomic mass is 32.2. The van der Waals surface area contributed by atoms with Gasteiger partial charge >= 0.3 is 5.97 Å². The molecule has 9 atom stereocenters. The molecule has 4 aliphatic carbocycles. The van der Waals surface area contributed by atoms with E-state index in [4.69, 9.17) is 20.4 Å². The van der Waals surface area contributed by atoms with Crippen LogP contribution in [0.1, 0.15) is 115 Å². The van der Waals surface area contributed by atoms with Crippen molar-refractivity contribution in [2.45, 2.75) is 119 Å². The zero-order valence-electron chi connectivity index (χ0n) is 36.7. The smallest absolute Gasteiger partial charge is 0.326 e. The summed E-state index contributed by atoms with van der Waals surface area (Å²) in [7, 11) is -8.57. The maximum absolute atomic E-state index is 12.6. The minimum absolute atomic E-state index is 0.0648. The molecular weight excluding hydrogens is 905 g/mol. The first-order valence-corrected chi connectivity index (χ1v) is 24.9. The van der Waals surface area contributed by atoms with Crippen LogP contribution in [0, 0.1) is 29.6 Å². The number of carbonyl (C=O) groups is 2. The molecule has 8 rings (SSSR count). The Kier molecular flexibility index (Phi) is 15.5. The van der Waals surface area contributed by atoms with Crippen molar-refractivity contribution in [2.24, 2.45) is 5.41 Å². The zero-order chi connectivity index (χ0) is 48.6. The van der Waals surface area contributed by atoms with Gasteiger partial charge in [-0.1, -0.05) is 38.5 Å². The number of nitrogens with one attached hydrogen (secondary N) is 1. The van der Waals surface area contributed by atoms with Gasteiger partial charge in [0.1, 0.15) is 17.5 Å². The largest absolute Gasteiger partial charge is 0.494 e. The Morgan fingerprint density at radius 2 is 1.27 bits per heavy atom. The molecule has 2 aromatic rings. The summed E-state index contributed by atoms with van der Waals surface area (Å²) in [6.45, 7) is 5.39. The quantitative estimate of drug-likeness (QED) is 0.0568. The van der Waals surface area contributed by atoms with Crippen LogP contribution < -0.4 is 14.8 Å². The fourth-order valence-corrected chi connectivity index (χ4v) is 10.6. The van der Waals surface area contributed by atoms with Crippen LogP contribution in [-0.2, 0) is 29.8 Å². The average molecular weight is 963 g/mol. The van der Waals surface area contributed by atoms with Gasteiger partial charge in [-0.05, 0) is 79.1 Å². The molecule has 0 aromatic heterocycles. The molecule has 2 heterocycles. The molecule has 10 N–H and O–H groups in total. The standard InChI is InChI=1S/C45H58N2O17S2/c1-5-25-31-27-21-47(15-7-6-10-29(43(54)55)46-44(56)45(2,3)4)22-28(38(49)37(27)48)32(31)26(34-33(25)35-39(50)41(52)36(34)42(53)40(35)51)13-11-23-20-24(63-16-8-18-65(57,58)59)12-14-30(23)64-17-9-19-66(60,61)62/h1,12,14,20,27-29,35-42,48-53H,6-10,15-19,21-22H2,2-4H3,(H,46,56)(H,54,55)(H,57,58,59)(H,60,61,62)/t27?,28?,29-,35?,36?,37?,38?,39?,40?,41?,42?/m0/s1. The van der Waals surface area contributed by atoms with Gasteiger partial charge in [-0.3, -0.25) is 13.9 Å². The van der Waals surface area contributed by atoms with Crippen molar-refractivity contribution in [1.29, 1.82) is 0 Å². The van der Waals surface area contributed by atoms with E-state index in [9.17, 15) is 66.7 Å². The molecule has 4 bridgehead atoms. The summed E-state index contributed by atoms with van der Waals surface area (Å²) in [6.07, 6.45) is -1.97. The fourth-order valence-electron chi connectivity index (χ4n) is 9.67. The number of hydrogen-bond donors (Lipinski definition) is 10. The molecule has 0 spiro atoms. The number of benzene rings is 2. The van der Waals surface area contributed by atoms with Crippen LogP contribution in [0.4, 0.5) is 0 Å². The second kappa shape index (κ2) is 20.1. The Balaban J connectivity index is 1.44. The summed E-state index contributed by atoms with van der Waals surface area (Å²) < 4.78 is 75.4. The predicted octanol–water partition coefficient (Wildman–Crippen LogP) is 0.0231. The van der Waals surface area contributed by atoms with Crippen molar-refractivity contribution in [3.8, 4) is 35.7 Å². The van der Waals surface area contributed by atoms with E-state index in [0.717, 1.165) is 0 Å². The van der Waals surface area contributed by atoms with E-state index in [0.29, 0.717) is 30.5 Å². The molecule has 2 aliphatic heterocycles. The maximum atomic E-state index is 12.6. The summed E-state index contributed by atoms with van der Waals surface area (Å²) in [5.74, 6) is 2.12. The van der Waals surface area contributed by atoms with Crippen LogP contribution >= 0.6 is 0 Å². The molecule has 1 saturated heterocycles. The maximum Gasteiger partial charge on any atom is 0.326 e. The molecule has 66 heavy (non-hydrogen) atoms. The van der Waals surface area contributed by atoms with Crippen LogP contribution in [-0.4, -0.2) is 165 Å². The first-order valence-electron chi connectivity index (χ1n) is 21.7. The second-order valence-electron chi connectivity index (χ2n) is 18.5. The lowest BCUT2D eigenvalue weighted by atomic mass is 9.56. The van der Waals surface area contributed by atoms with E-state index >= 15 is 0 Å². The normalized spacial score (nSPS) is 27.4. The number of aliphatic carboxylic acids is 1. The van der Waals surface area contributed by atoms with Crippen molar-refractivity contribution in [2.75, 3.05) is 44.4 Å². The molecule has 2 aromatic carbocycles. The number of carbonyl (C=O) groups excluding carboxylic acids is 1. The van der Waals surface area contributed by atoms with E-state index in [2.05, 4.69) is 23.1 Å². The van der Waals surface area contributed by atoms with Crippen molar-refractivity contribution in [1.82, 2.24) is 10.2 Å². The number of carboxylic acid groups (broad SMARTS) is 1. The van der Waals surface area contributed by atoms with Crippen LogP contribution in [0.3, 0.4) is 0 Å². The van der Waals surface area contributed by atoms with Gasteiger partial charge in [-0.15, -0.1) is 6.42 Å². The van der Waals surface area contributed by atoms with Crippen molar-refractivity contribution in [3.05, 3.63) is 57.1 Å². The van der Waals surface area contributed by atoms with E-state index in [-0.39, 0.29) is 84.9 Å². The van der Waals surface area contributed by atoms with E-state index in [1.54, 1.807) is 20.8 Å². The summed E-state index contributed by atoms with van der Waals surface area (Å²) in [6, 6.07) is 3.28. The summed E-state index contributed by atoms with van der Waals surface area (Å²) in [4.78, 5) is 26.6. The van der Waals surface area contributed by atoms with Crippen molar-refractivity contribution < 1.29 is 80.7 Å². The number of fused-ring (bicyclic) bond motifs is 5. The monoisotopic (exact) mass is 962 g/mol. The average Bonchev–Trinajstić information content (AvgIpc) is 3.46. The lowest BCUT2D eigenvalue weighted by molar-refractivity contribution is -0.148. The topological polar surface area (TPSA) is 318 Å². The molecule has 1 saturated carbocycles. The number of terminal acetylenes is 1. The predicted molar refractivity (Wildman–Crippen MR) is 236 cm³/mol. The Morgan fingerprint density at radius 3 is 1.77 bits per heavy atom. The molecular formula is C45H58N2O17S2. The van der Waals surface area contributed by atoms with Gasteiger partial charge in [0, 0.05) is 53.3 Å². The van der Waals surface area contributed by atoms with E-state index in [1.165, 1.54) is 18.2 Å². The Hall–Kier alpha value is -4.36. The first kappa shape index (κ1) is 51.0. The lowest BCUT2D eigenvalue weighted by Crippen LogP contribution is -2.60. The first-order chi connectivity index (χ1) is 30.8. The Morgan fingerprint density at radius 1 is 0.758 bits per heavy atom. The van der Waals surface area contributed by atoms with Crippen LogP contribution in [0.25, 0.3) is 0 Å². The highest BCUT2D eigenvalue weighted by Gasteiger charge is 2.59. The highest BCUT2D eigenvalue weighted by molar-refractivity contribution is 7.86. The van der Waals surface area contributed by atoms with Crippen molar-refractivity contribution in [3.63, 3.8) is 0 Å². The number of amides is 1. The summed E-state index contributed by atoms with van der Waals surface area (Å²) in [5, 5.41) is 81.7. The number of aliphatic hydroxyl groups excluding tert-OH is 6. The van der Waals surface area contributed by atoms with Crippen molar-refractivity contribution >= 4 is 32.1 Å².